The predicted octanol–water partition coefficient (Wildman–Crippen LogP) is 3.24. The van der Waals surface area contributed by atoms with Gasteiger partial charge in [-0.15, -0.1) is 0 Å². The summed E-state index contributed by atoms with van der Waals surface area (Å²) in [6.45, 7) is 2.16. The lowest BCUT2D eigenvalue weighted by Crippen LogP contribution is -2.00. The number of methoxy groups -OCH3 is 1. The fourth-order valence-corrected chi connectivity index (χ4v) is 1.82. The second-order valence-corrected chi connectivity index (χ2v) is 3.73. The standard InChI is InChI=1S/C14H15NO/c1-11(12-7-4-3-5-8-12)13-9-6-10-15-14(13)16-2/h3-11H,1-2H3/t11-/m1/s1. The number of ether oxygens (including phenoxy) is 1. The number of hydrogen-bond acceptors (Lipinski definition) is 2. The van der Waals surface area contributed by atoms with Crippen LogP contribution in [0.1, 0.15) is 24.0 Å². The summed E-state index contributed by atoms with van der Waals surface area (Å²) in [4.78, 5) is 4.22. The van der Waals surface area contributed by atoms with Crippen LogP contribution in [0.15, 0.2) is 48.7 Å². The first-order chi connectivity index (χ1) is 7.83. The molecule has 0 saturated carbocycles. The molecule has 0 bridgehead atoms. The molecule has 0 spiro atoms. The third-order valence-electron chi connectivity index (χ3n) is 2.76. The Bertz CT molecular complexity index is 453. The van der Waals surface area contributed by atoms with E-state index in [-0.39, 0.29) is 0 Å². The summed E-state index contributed by atoms with van der Waals surface area (Å²) in [5.74, 6) is 1.00. The molecule has 2 heteroatoms. The molecule has 2 aromatic rings. The second-order valence-electron chi connectivity index (χ2n) is 3.73. The Morgan fingerprint density at radius 1 is 1.06 bits per heavy atom. The van der Waals surface area contributed by atoms with Crippen molar-refractivity contribution in [2.45, 2.75) is 12.8 Å². The van der Waals surface area contributed by atoms with Crippen LogP contribution in [-0.2, 0) is 0 Å². The number of nitrogens with zero attached hydrogens (tertiary/aromatic N) is 1. The molecule has 1 atom stereocenters. The molecule has 0 N–H and O–H groups in total. The molecule has 2 nitrogen and oxygen atoms in total. The van der Waals surface area contributed by atoms with Gasteiger partial charge >= 0.3 is 0 Å². The Kier molecular flexibility index (Phi) is 3.20. The van der Waals surface area contributed by atoms with E-state index in [2.05, 4.69) is 42.2 Å². The molecular formula is C14H15NO. The zero-order chi connectivity index (χ0) is 11.4. The van der Waals surface area contributed by atoms with Gasteiger partial charge in [0.15, 0.2) is 0 Å². The fourth-order valence-electron chi connectivity index (χ4n) is 1.82. The van der Waals surface area contributed by atoms with Crippen LogP contribution < -0.4 is 4.74 Å². The molecule has 1 aromatic heterocycles. The number of pyridine rings is 1. The summed E-state index contributed by atoms with van der Waals surface area (Å²) >= 11 is 0. The molecule has 2 rings (SSSR count). The van der Waals surface area contributed by atoms with Crippen molar-refractivity contribution in [3.63, 3.8) is 0 Å². The second kappa shape index (κ2) is 4.79. The Hall–Kier alpha value is -1.83. The van der Waals surface area contributed by atoms with Gasteiger partial charge in [0.1, 0.15) is 0 Å². The van der Waals surface area contributed by atoms with Crippen molar-refractivity contribution in [1.29, 1.82) is 0 Å². The molecule has 82 valence electrons. The highest BCUT2D eigenvalue weighted by Gasteiger charge is 2.13. The normalized spacial score (nSPS) is 12.1. The minimum Gasteiger partial charge on any atom is -0.481 e. The summed E-state index contributed by atoms with van der Waals surface area (Å²) in [5, 5.41) is 0. The summed E-state index contributed by atoms with van der Waals surface area (Å²) in [5.41, 5.74) is 2.39. The van der Waals surface area contributed by atoms with Crippen LogP contribution in [0.25, 0.3) is 0 Å². The number of hydrogen-bond donors (Lipinski definition) is 0. The van der Waals surface area contributed by atoms with Gasteiger partial charge in [0.25, 0.3) is 0 Å². The third-order valence-corrected chi connectivity index (χ3v) is 2.76. The Labute approximate surface area is 95.9 Å². The fraction of sp³-hybridized carbons (Fsp3) is 0.214. The van der Waals surface area contributed by atoms with E-state index >= 15 is 0 Å². The molecule has 0 radical (unpaired) electrons. The largest absolute Gasteiger partial charge is 0.481 e. The zero-order valence-corrected chi connectivity index (χ0v) is 9.55. The summed E-state index contributed by atoms with van der Waals surface area (Å²) in [6.07, 6.45) is 1.75. The highest BCUT2D eigenvalue weighted by atomic mass is 16.5. The highest BCUT2D eigenvalue weighted by molar-refractivity contribution is 5.36. The maximum Gasteiger partial charge on any atom is 0.216 e. The van der Waals surface area contributed by atoms with Gasteiger partial charge in [-0.3, -0.25) is 0 Å². The monoisotopic (exact) mass is 213 g/mol. The van der Waals surface area contributed by atoms with Crippen molar-refractivity contribution in [2.24, 2.45) is 0 Å². The lowest BCUT2D eigenvalue weighted by Gasteiger charge is -2.14. The molecule has 0 unspecified atom stereocenters. The summed E-state index contributed by atoms with van der Waals surface area (Å²) in [7, 11) is 1.66. The number of aromatic nitrogens is 1. The molecule has 0 aliphatic carbocycles. The van der Waals surface area contributed by atoms with Crippen molar-refractivity contribution >= 4 is 0 Å². The van der Waals surface area contributed by atoms with E-state index in [9.17, 15) is 0 Å². The van der Waals surface area contributed by atoms with Gasteiger partial charge in [-0.25, -0.2) is 4.98 Å². The van der Waals surface area contributed by atoms with Crippen LogP contribution in [0, 0.1) is 0 Å². The van der Waals surface area contributed by atoms with Crippen molar-refractivity contribution in [2.75, 3.05) is 7.11 Å². The van der Waals surface area contributed by atoms with Crippen LogP contribution in [0.4, 0.5) is 0 Å². The van der Waals surface area contributed by atoms with E-state index in [1.54, 1.807) is 13.3 Å². The van der Waals surface area contributed by atoms with E-state index in [0.717, 1.165) is 5.56 Å². The molecule has 1 aromatic carbocycles. The molecule has 0 amide bonds. The smallest absolute Gasteiger partial charge is 0.216 e. The van der Waals surface area contributed by atoms with Crippen molar-refractivity contribution in [3.8, 4) is 5.88 Å². The number of rotatable bonds is 3. The molecule has 16 heavy (non-hydrogen) atoms. The molecule has 0 saturated heterocycles. The predicted molar refractivity (Wildman–Crippen MR) is 64.7 cm³/mol. The first-order valence-corrected chi connectivity index (χ1v) is 5.36. The van der Waals surface area contributed by atoms with Crippen LogP contribution in [-0.4, -0.2) is 12.1 Å². The van der Waals surface area contributed by atoms with Crippen molar-refractivity contribution in [1.82, 2.24) is 4.98 Å². The minimum atomic E-state index is 0.296. The van der Waals surface area contributed by atoms with Gasteiger partial charge in [0.2, 0.25) is 5.88 Å². The van der Waals surface area contributed by atoms with Gasteiger partial charge < -0.3 is 4.74 Å². The van der Waals surface area contributed by atoms with Gasteiger partial charge in [-0.05, 0) is 11.6 Å². The minimum absolute atomic E-state index is 0.296. The third kappa shape index (κ3) is 2.06. The first kappa shape index (κ1) is 10.7. The average molecular weight is 213 g/mol. The molecule has 0 fully saturated rings. The zero-order valence-electron chi connectivity index (χ0n) is 9.55. The van der Waals surface area contributed by atoms with Crippen LogP contribution in [0.3, 0.4) is 0 Å². The van der Waals surface area contributed by atoms with Crippen LogP contribution in [0.2, 0.25) is 0 Å². The molecule has 0 aliphatic heterocycles. The van der Waals surface area contributed by atoms with Gasteiger partial charge in [0, 0.05) is 17.7 Å². The molecular weight excluding hydrogens is 198 g/mol. The van der Waals surface area contributed by atoms with Crippen LogP contribution in [0.5, 0.6) is 5.88 Å². The topological polar surface area (TPSA) is 22.1 Å². The molecule has 1 heterocycles. The Morgan fingerprint density at radius 2 is 1.81 bits per heavy atom. The maximum absolute atomic E-state index is 5.28. The average Bonchev–Trinajstić information content (AvgIpc) is 2.39. The van der Waals surface area contributed by atoms with Crippen molar-refractivity contribution in [3.05, 3.63) is 59.8 Å². The van der Waals surface area contributed by atoms with E-state index in [1.807, 2.05) is 12.1 Å². The van der Waals surface area contributed by atoms with E-state index < -0.39 is 0 Å². The molecule has 0 aliphatic rings. The quantitative estimate of drug-likeness (QED) is 0.780. The Balaban J connectivity index is 2.37. The van der Waals surface area contributed by atoms with E-state index in [1.165, 1.54) is 5.56 Å². The Morgan fingerprint density at radius 3 is 2.50 bits per heavy atom. The lowest BCUT2D eigenvalue weighted by molar-refractivity contribution is 0.391. The van der Waals surface area contributed by atoms with E-state index in [4.69, 9.17) is 4.74 Å². The first-order valence-electron chi connectivity index (χ1n) is 5.36. The van der Waals surface area contributed by atoms with Crippen molar-refractivity contribution < 1.29 is 4.74 Å². The number of benzene rings is 1. The SMILES string of the molecule is COc1ncccc1[C@H](C)c1ccccc1. The summed E-state index contributed by atoms with van der Waals surface area (Å²) < 4.78 is 5.28. The van der Waals surface area contributed by atoms with Gasteiger partial charge in [-0.2, -0.15) is 0 Å². The maximum atomic E-state index is 5.28. The van der Waals surface area contributed by atoms with Crippen LogP contribution >= 0.6 is 0 Å². The van der Waals surface area contributed by atoms with E-state index in [0.29, 0.717) is 11.8 Å². The summed E-state index contributed by atoms with van der Waals surface area (Å²) in [6, 6.07) is 14.4. The lowest BCUT2D eigenvalue weighted by atomic mass is 9.94. The highest BCUT2D eigenvalue weighted by Crippen LogP contribution is 2.29. The van der Waals surface area contributed by atoms with Gasteiger partial charge in [-0.1, -0.05) is 43.3 Å². The van der Waals surface area contributed by atoms with Gasteiger partial charge in [0.05, 0.1) is 7.11 Å².